The van der Waals surface area contributed by atoms with Crippen molar-refractivity contribution in [2.45, 2.75) is 105 Å². The topological polar surface area (TPSA) is 0 Å². The van der Waals surface area contributed by atoms with E-state index in [0.717, 1.165) is 11.8 Å². The summed E-state index contributed by atoms with van der Waals surface area (Å²) in [5.74, 6) is 1.47. The van der Waals surface area contributed by atoms with Crippen molar-refractivity contribution in [2.24, 2.45) is 22.7 Å². The Labute approximate surface area is 215 Å². The summed E-state index contributed by atoms with van der Waals surface area (Å²) in [6, 6.07) is 0. The van der Waals surface area contributed by atoms with Crippen LogP contribution in [0.5, 0.6) is 0 Å². The smallest absolute Gasteiger partial charge is 0.147 e. The fraction of sp³-hybridized carbons (Fsp3) is 0.714. The predicted molar refractivity (Wildman–Crippen MR) is 152 cm³/mol. The zero-order valence-corrected chi connectivity index (χ0v) is 27.8. The van der Waals surface area contributed by atoms with Gasteiger partial charge in [0.05, 0.1) is 0 Å². The zero-order valence-electron chi connectivity index (χ0n) is 23.2. The summed E-state index contributed by atoms with van der Waals surface area (Å²) >= 11 is -3.05. The van der Waals surface area contributed by atoms with Gasteiger partial charge in [-0.2, -0.15) is 0 Å². The van der Waals surface area contributed by atoms with Gasteiger partial charge < -0.3 is 0 Å². The maximum absolute atomic E-state index is 3.05. The van der Waals surface area contributed by atoms with Crippen LogP contribution in [-0.4, -0.2) is 7.63 Å². The quantitative estimate of drug-likeness (QED) is 0.297. The second-order valence-corrected chi connectivity index (χ2v) is 33.1. The van der Waals surface area contributed by atoms with Gasteiger partial charge in [0.2, 0.25) is 0 Å². The molecule has 0 nitrogen and oxygen atoms in total. The van der Waals surface area contributed by atoms with Gasteiger partial charge in [0.15, 0.2) is 0 Å². The fourth-order valence-electron chi connectivity index (χ4n) is 5.59. The van der Waals surface area contributed by atoms with E-state index in [9.17, 15) is 0 Å². The molecule has 0 amide bonds. The van der Waals surface area contributed by atoms with Gasteiger partial charge in [-0.1, -0.05) is 0 Å². The van der Waals surface area contributed by atoms with E-state index in [1.54, 1.807) is 22.3 Å². The average Bonchev–Trinajstić information content (AvgIpc) is 3.10. The minimum atomic E-state index is -3.05. The summed E-state index contributed by atoms with van der Waals surface area (Å²) in [6.45, 7) is 24.0. The normalized spacial score (nSPS) is 18.2. The molecule has 0 aliphatic heterocycles. The van der Waals surface area contributed by atoms with E-state index >= 15 is 0 Å². The second kappa shape index (κ2) is 10.6. The Bertz CT molecular complexity index is 823. The van der Waals surface area contributed by atoms with Gasteiger partial charge in [0, 0.05) is 0 Å². The van der Waals surface area contributed by atoms with E-state index < -0.39 is 14.0 Å². The minimum absolute atomic E-state index is 0. The van der Waals surface area contributed by atoms with Gasteiger partial charge in [0.1, 0.15) is 0 Å². The molecule has 0 aromatic rings. The zero-order chi connectivity index (χ0) is 23.3. The standard InChI is InChI=1S/2C13H21.2CH3.2ClH.H2Si.Ti/c2*1-10(2)8-11-6-7-12(9-11)13(3,4)5;;;;;;/h2*9-10H,6,8H2,1-5H3;2*1H3;2*1H;1H2;. The Morgan fingerprint density at radius 3 is 1.22 bits per heavy atom. The van der Waals surface area contributed by atoms with Crippen molar-refractivity contribution >= 4 is 32.4 Å². The molecule has 0 aromatic carbocycles. The van der Waals surface area contributed by atoms with E-state index in [2.05, 4.69) is 99.5 Å². The predicted octanol–water partition coefficient (Wildman–Crippen LogP) is 9.52. The van der Waals surface area contributed by atoms with Crippen LogP contribution in [0.3, 0.4) is 0 Å². The van der Waals surface area contributed by atoms with Crippen LogP contribution in [0.1, 0.15) is 94.9 Å². The van der Waals surface area contributed by atoms with Crippen molar-refractivity contribution in [1.29, 1.82) is 0 Å². The van der Waals surface area contributed by atoms with Crippen LogP contribution in [-0.2, 0) is 14.0 Å². The first-order chi connectivity index (χ1) is 13.3. The molecular formula is C28H52Cl2SiTi. The minimum Gasteiger partial charge on any atom is -0.147 e. The third-order valence-electron chi connectivity index (χ3n) is 7.05. The van der Waals surface area contributed by atoms with Crippen molar-refractivity contribution in [3.05, 3.63) is 42.2 Å². The summed E-state index contributed by atoms with van der Waals surface area (Å²) in [5, 5.41) is 5.46. The SMILES string of the molecule is CC(C)CC1=CC(C(C)(C)C)=[C]([Ti]([CH3])([CH3])(=[SiH2])[C]2=C(C(C)(C)C)C=C(CC(C)C)C2)C1.Cl.Cl. The van der Waals surface area contributed by atoms with Gasteiger partial charge >= 0.3 is 192 Å². The van der Waals surface area contributed by atoms with Gasteiger partial charge in [-0.05, 0) is 0 Å². The van der Waals surface area contributed by atoms with Crippen LogP contribution in [0, 0.1) is 22.7 Å². The summed E-state index contributed by atoms with van der Waals surface area (Å²) in [5.41, 5.74) is 7.16. The molecule has 0 bridgehead atoms. The number of rotatable bonds is 6. The largest absolute Gasteiger partial charge is 0.147 e. The maximum Gasteiger partial charge on any atom is -0.147 e. The van der Waals surface area contributed by atoms with Gasteiger partial charge in [0.25, 0.3) is 0 Å². The molecule has 0 heterocycles. The number of halogens is 2. The monoisotopic (exact) mass is 534 g/mol. The van der Waals surface area contributed by atoms with Crippen molar-refractivity contribution in [1.82, 2.24) is 0 Å². The first-order valence-corrected chi connectivity index (χ1v) is 21.0. The molecule has 0 atom stereocenters. The van der Waals surface area contributed by atoms with Crippen molar-refractivity contribution in [2.75, 3.05) is 0 Å². The number of allylic oxidation sites excluding steroid dienone is 8. The second-order valence-electron chi connectivity index (χ2n) is 14.1. The molecule has 32 heavy (non-hydrogen) atoms. The molecule has 2 aliphatic rings. The molecule has 4 heteroatoms. The van der Waals surface area contributed by atoms with Crippen LogP contribution in [0.25, 0.3) is 0 Å². The summed E-state index contributed by atoms with van der Waals surface area (Å²) < 4.78 is 3.73. The maximum atomic E-state index is 2.73. The Balaban J connectivity index is 0.00000480. The first kappa shape index (κ1) is 32.5. The Morgan fingerprint density at radius 1 is 0.719 bits per heavy atom. The van der Waals surface area contributed by atoms with Crippen LogP contribution in [0.4, 0.5) is 0 Å². The van der Waals surface area contributed by atoms with Crippen molar-refractivity contribution in [3.8, 4) is 0 Å². The van der Waals surface area contributed by atoms with E-state index in [1.807, 2.05) is 7.76 Å². The van der Waals surface area contributed by atoms with Crippen LogP contribution >= 0.6 is 24.8 Å². The molecular weight excluding hydrogens is 483 g/mol. The molecule has 0 N–H and O–H groups in total. The number of hydrogen-bond acceptors (Lipinski definition) is 0. The molecule has 2 aliphatic carbocycles. The summed E-state index contributed by atoms with van der Waals surface area (Å²) in [4.78, 5) is 0. The van der Waals surface area contributed by atoms with Crippen molar-refractivity contribution in [3.63, 3.8) is 0 Å². The molecule has 0 spiro atoms. The molecule has 0 saturated heterocycles. The molecule has 186 valence electrons. The van der Waals surface area contributed by atoms with E-state index in [1.165, 1.54) is 25.7 Å². The van der Waals surface area contributed by atoms with Gasteiger partial charge in [-0.3, -0.25) is 0 Å². The molecule has 0 aromatic heterocycles. The first-order valence-electron chi connectivity index (χ1n) is 12.3. The Morgan fingerprint density at radius 2 is 1.00 bits per heavy atom. The van der Waals surface area contributed by atoms with Gasteiger partial charge in [-0.25, -0.2) is 0 Å². The van der Waals surface area contributed by atoms with E-state index in [4.69, 9.17) is 0 Å². The van der Waals surface area contributed by atoms with E-state index in [0.29, 0.717) is 0 Å². The third kappa shape index (κ3) is 7.24. The average molecular weight is 536 g/mol. The molecule has 0 saturated carbocycles. The van der Waals surface area contributed by atoms with Gasteiger partial charge in [-0.15, -0.1) is 24.8 Å². The van der Waals surface area contributed by atoms with Crippen LogP contribution in [0.15, 0.2) is 42.2 Å². The molecule has 2 rings (SSSR count). The van der Waals surface area contributed by atoms with Crippen molar-refractivity contribution < 1.29 is 14.0 Å². The van der Waals surface area contributed by atoms with E-state index in [-0.39, 0.29) is 35.6 Å². The third-order valence-corrected chi connectivity index (χ3v) is 18.0. The Kier molecular flexibility index (Phi) is 10.8. The molecule has 0 fully saturated rings. The molecule has 0 radical (unpaired) electrons. The number of hydrogen-bond donors (Lipinski definition) is 0. The Hall–Kier alpha value is 0.471. The van der Waals surface area contributed by atoms with Crippen LogP contribution in [0.2, 0.25) is 10.5 Å². The summed E-state index contributed by atoms with van der Waals surface area (Å²) in [6.07, 6.45) is 10.2. The molecule has 0 unspecified atom stereocenters. The fourth-order valence-corrected chi connectivity index (χ4v) is 15.3. The summed E-state index contributed by atoms with van der Waals surface area (Å²) in [7, 11) is 2.44. The van der Waals surface area contributed by atoms with Crippen LogP contribution < -0.4 is 0 Å².